The Labute approximate surface area is 156 Å². The van der Waals surface area contributed by atoms with Gasteiger partial charge in [-0.1, -0.05) is 23.7 Å². The van der Waals surface area contributed by atoms with E-state index < -0.39 is 0 Å². The first-order valence-electron chi connectivity index (χ1n) is 8.17. The molecule has 0 atom stereocenters. The second-order valence-corrected chi connectivity index (χ2v) is 7.19. The van der Waals surface area contributed by atoms with Gasteiger partial charge in [-0.05, 0) is 48.1 Å². The summed E-state index contributed by atoms with van der Waals surface area (Å²) in [5, 5.41) is 7.42. The molecule has 1 aliphatic rings. The van der Waals surface area contributed by atoms with Crippen LogP contribution in [0.4, 0.5) is 0 Å². The van der Waals surface area contributed by atoms with Crippen LogP contribution in [0.1, 0.15) is 28.8 Å². The Kier molecular flexibility index (Phi) is 5.89. The first-order valence-corrected chi connectivity index (χ1v) is 9.49. The van der Waals surface area contributed by atoms with E-state index in [-0.39, 0.29) is 17.9 Å². The van der Waals surface area contributed by atoms with Crippen LogP contribution >= 0.6 is 22.9 Å². The third-order valence-electron chi connectivity index (χ3n) is 4.19. The number of hydrogen-bond donors (Lipinski definition) is 1. The zero-order valence-corrected chi connectivity index (χ0v) is 15.2. The maximum absolute atomic E-state index is 12.3. The van der Waals surface area contributed by atoms with Crippen molar-refractivity contribution in [2.45, 2.75) is 18.9 Å². The second kappa shape index (κ2) is 8.32. The summed E-state index contributed by atoms with van der Waals surface area (Å²) >= 11 is 7.45. The Balaban J connectivity index is 1.48. The highest BCUT2D eigenvalue weighted by atomic mass is 35.5. The normalized spacial score (nSPS) is 15.5. The molecule has 1 N–H and O–H groups in total. The van der Waals surface area contributed by atoms with Crippen LogP contribution in [0.5, 0.6) is 0 Å². The highest BCUT2D eigenvalue weighted by Gasteiger charge is 2.23. The molecule has 0 saturated carbocycles. The molecule has 1 aliphatic heterocycles. The molecule has 25 heavy (non-hydrogen) atoms. The fraction of sp³-hybridized carbons (Fsp3) is 0.263. The van der Waals surface area contributed by atoms with Crippen molar-refractivity contribution < 1.29 is 9.59 Å². The fourth-order valence-corrected chi connectivity index (χ4v) is 3.62. The van der Waals surface area contributed by atoms with E-state index in [9.17, 15) is 9.59 Å². The van der Waals surface area contributed by atoms with Crippen molar-refractivity contribution in [3.05, 3.63) is 63.3 Å². The molecule has 0 aliphatic carbocycles. The van der Waals surface area contributed by atoms with Crippen LogP contribution in [0.25, 0.3) is 6.08 Å². The monoisotopic (exact) mass is 374 g/mol. The van der Waals surface area contributed by atoms with Crippen molar-refractivity contribution in [1.29, 1.82) is 0 Å². The molecule has 3 rings (SSSR count). The second-order valence-electron chi connectivity index (χ2n) is 5.97. The molecule has 1 aromatic heterocycles. The summed E-state index contributed by atoms with van der Waals surface area (Å²) in [4.78, 5) is 26.2. The summed E-state index contributed by atoms with van der Waals surface area (Å²) < 4.78 is 0. The van der Waals surface area contributed by atoms with E-state index >= 15 is 0 Å². The standard InChI is InChI=1S/C19H19ClN2O2S/c20-16-3-1-2-14(12-16)4-5-18(23)22-9-6-17(7-10-22)21-19(24)15-8-11-25-13-15/h1-5,8,11-13,17H,6-7,9-10H2,(H,21,24)/b5-4+. The van der Waals surface area contributed by atoms with Crippen LogP contribution in [0.15, 0.2) is 47.2 Å². The Bertz CT molecular complexity index is 765. The highest BCUT2D eigenvalue weighted by Crippen LogP contribution is 2.15. The van der Waals surface area contributed by atoms with Gasteiger partial charge in [0.2, 0.25) is 5.91 Å². The molecule has 0 bridgehead atoms. The Morgan fingerprint density at radius 1 is 1.24 bits per heavy atom. The van der Waals surface area contributed by atoms with Gasteiger partial charge in [0.1, 0.15) is 0 Å². The third-order valence-corrected chi connectivity index (χ3v) is 5.11. The number of hydrogen-bond acceptors (Lipinski definition) is 3. The van der Waals surface area contributed by atoms with Crippen molar-refractivity contribution >= 4 is 40.8 Å². The van der Waals surface area contributed by atoms with E-state index in [1.165, 1.54) is 11.3 Å². The summed E-state index contributed by atoms with van der Waals surface area (Å²) in [7, 11) is 0. The molecular formula is C19H19ClN2O2S. The van der Waals surface area contributed by atoms with E-state index in [0.29, 0.717) is 23.7 Å². The molecule has 0 spiro atoms. The number of nitrogens with zero attached hydrogens (tertiary/aromatic N) is 1. The van der Waals surface area contributed by atoms with Crippen LogP contribution in [-0.2, 0) is 4.79 Å². The smallest absolute Gasteiger partial charge is 0.252 e. The minimum Gasteiger partial charge on any atom is -0.349 e. The van der Waals surface area contributed by atoms with Gasteiger partial charge in [0.25, 0.3) is 5.91 Å². The van der Waals surface area contributed by atoms with Gasteiger partial charge in [-0.15, -0.1) is 0 Å². The maximum atomic E-state index is 12.3. The Morgan fingerprint density at radius 3 is 2.72 bits per heavy atom. The highest BCUT2D eigenvalue weighted by molar-refractivity contribution is 7.08. The molecule has 1 saturated heterocycles. The Hall–Kier alpha value is -2.11. The van der Waals surface area contributed by atoms with Gasteiger partial charge in [-0.3, -0.25) is 9.59 Å². The molecule has 2 aromatic rings. The number of halogens is 1. The van der Waals surface area contributed by atoms with E-state index in [4.69, 9.17) is 11.6 Å². The number of benzene rings is 1. The van der Waals surface area contributed by atoms with Crippen LogP contribution in [0, 0.1) is 0 Å². The van der Waals surface area contributed by atoms with E-state index in [1.807, 2.05) is 39.9 Å². The quantitative estimate of drug-likeness (QED) is 0.827. The number of rotatable bonds is 4. The summed E-state index contributed by atoms with van der Waals surface area (Å²) in [6.45, 7) is 1.29. The lowest BCUT2D eigenvalue weighted by Crippen LogP contribution is -2.46. The molecule has 1 fully saturated rings. The molecule has 2 heterocycles. The number of nitrogens with one attached hydrogen (secondary N) is 1. The number of carbonyl (C=O) groups excluding carboxylic acids is 2. The summed E-state index contributed by atoms with van der Waals surface area (Å²) in [5.41, 5.74) is 1.60. The number of thiophene rings is 1. The lowest BCUT2D eigenvalue weighted by Gasteiger charge is -2.31. The number of piperidine rings is 1. The molecule has 6 heteroatoms. The Morgan fingerprint density at radius 2 is 2.04 bits per heavy atom. The number of amides is 2. The molecule has 130 valence electrons. The summed E-state index contributed by atoms with van der Waals surface area (Å²) in [5.74, 6) is -0.0468. The molecule has 1 aromatic carbocycles. The number of likely N-dealkylation sites (tertiary alicyclic amines) is 1. The minimum absolute atomic E-state index is 0.0115. The molecule has 0 radical (unpaired) electrons. The van der Waals surface area contributed by atoms with Gasteiger partial charge in [0.15, 0.2) is 0 Å². The van der Waals surface area contributed by atoms with Gasteiger partial charge in [-0.25, -0.2) is 0 Å². The average Bonchev–Trinajstić information content (AvgIpc) is 3.15. The fourth-order valence-electron chi connectivity index (χ4n) is 2.79. The third kappa shape index (κ3) is 4.94. The van der Waals surface area contributed by atoms with E-state index in [2.05, 4.69) is 5.32 Å². The van der Waals surface area contributed by atoms with Crippen molar-refractivity contribution in [2.24, 2.45) is 0 Å². The zero-order valence-electron chi connectivity index (χ0n) is 13.7. The van der Waals surface area contributed by atoms with Crippen LogP contribution in [-0.4, -0.2) is 35.8 Å². The van der Waals surface area contributed by atoms with Gasteiger partial charge in [0, 0.05) is 41.2 Å². The van der Waals surface area contributed by atoms with Crippen LogP contribution < -0.4 is 5.32 Å². The molecule has 4 nitrogen and oxygen atoms in total. The van der Waals surface area contributed by atoms with Gasteiger partial charge in [0.05, 0.1) is 0 Å². The lowest BCUT2D eigenvalue weighted by molar-refractivity contribution is -0.126. The number of carbonyl (C=O) groups is 2. The SMILES string of the molecule is O=C(NC1CCN(C(=O)/C=C/c2cccc(Cl)c2)CC1)c1ccsc1. The molecular weight excluding hydrogens is 356 g/mol. The largest absolute Gasteiger partial charge is 0.349 e. The van der Waals surface area contributed by atoms with Gasteiger partial charge < -0.3 is 10.2 Å². The van der Waals surface area contributed by atoms with Crippen LogP contribution in [0.3, 0.4) is 0 Å². The van der Waals surface area contributed by atoms with E-state index in [1.54, 1.807) is 18.2 Å². The summed E-state index contributed by atoms with van der Waals surface area (Å²) in [6, 6.07) is 9.32. The van der Waals surface area contributed by atoms with Gasteiger partial charge >= 0.3 is 0 Å². The lowest BCUT2D eigenvalue weighted by atomic mass is 10.0. The van der Waals surface area contributed by atoms with Crippen molar-refractivity contribution in [1.82, 2.24) is 10.2 Å². The van der Waals surface area contributed by atoms with Crippen molar-refractivity contribution in [3.63, 3.8) is 0 Å². The average molecular weight is 375 g/mol. The molecule has 0 unspecified atom stereocenters. The van der Waals surface area contributed by atoms with Crippen molar-refractivity contribution in [2.75, 3.05) is 13.1 Å². The predicted octanol–water partition coefficient (Wildman–Crippen LogP) is 3.84. The minimum atomic E-state index is -0.0353. The molecule has 2 amide bonds. The zero-order chi connectivity index (χ0) is 17.6. The first kappa shape index (κ1) is 17.7. The van der Waals surface area contributed by atoms with Gasteiger partial charge in [-0.2, -0.15) is 11.3 Å². The summed E-state index contributed by atoms with van der Waals surface area (Å²) in [6.07, 6.45) is 4.90. The predicted molar refractivity (Wildman–Crippen MR) is 102 cm³/mol. The first-order chi connectivity index (χ1) is 12.1. The van der Waals surface area contributed by atoms with Crippen molar-refractivity contribution in [3.8, 4) is 0 Å². The van der Waals surface area contributed by atoms with Crippen LogP contribution in [0.2, 0.25) is 5.02 Å². The topological polar surface area (TPSA) is 49.4 Å². The maximum Gasteiger partial charge on any atom is 0.252 e. The van der Waals surface area contributed by atoms with E-state index in [0.717, 1.165) is 18.4 Å².